The number of methoxy groups -OCH3 is 1. The minimum atomic E-state index is 0.0806. The third kappa shape index (κ3) is 5.18. The van der Waals surface area contributed by atoms with Crippen LogP contribution in [0.5, 0.6) is 5.88 Å². The fourth-order valence-corrected chi connectivity index (χ4v) is 7.48. The largest absolute Gasteiger partial charge is 0.481 e. The summed E-state index contributed by atoms with van der Waals surface area (Å²) in [5.74, 6) is 2.41. The van der Waals surface area contributed by atoms with Gasteiger partial charge in [0, 0.05) is 43.4 Å². The van der Waals surface area contributed by atoms with E-state index in [0.29, 0.717) is 18.2 Å². The summed E-state index contributed by atoms with van der Waals surface area (Å²) < 4.78 is 7.22. The average Bonchev–Trinajstić information content (AvgIpc) is 3.44. The zero-order chi connectivity index (χ0) is 26.9. The molecule has 4 aliphatic carbocycles. The van der Waals surface area contributed by atoms with Crippen LogP contribution in [0.2, 0.25) is 0 Å². The lowest BCUT2D eigenvalue weighted by atomic mass is 9.53. The first-order valence-electron chi connectivity index (χ1n) is 14.6. The third-order valence-electron chi connectivity index (χ3n) is 9.91. The number of pyridine rings is 1. The number of aryl methyl sites for hydroxylation is 1. The molecule has 4 saturated carbocycles. The molecule has 0 radical (unpaired) electrons. The maximum atomic E-state index is 14.1. The van der Waals surface area contributed by atoms with Crippen LogP contribution >= 0.6 is 0 Å². The highest BCUT2D eigenvalue weighted by molar-refractivity contribution is 5.94. The van der Waals surface area contributed by atoms with E-state index in [1.54, 1.807) is 13.3 Å². The first kappa shape index (κ1) is 26.0. The fourth-order valence-electron chi connectivity index (χ4n) is 7.48. The van der Waals surface area contributed by atoms with E-state index in [9.17, 15) is 4.79 Å². The highest BCUT2D eigenvalue weighted by Gasteiger charge is 2.52. The van der Waals surface area contributed by atoms with Crippen LogP contribution in [-0.2, 0) is 17.3 Å². The Morgan fingerprint density at radius 3 is 2.46 bits per heavy atom. The minimum Gasteiger partial charge on any atom is -0.481 e. The number of rotatable bonds is 8. The number of fused-ring (bicyclic) bond motifs is 3. The van der Waals surface area contributed by atoms with Crippen LogP contribution in [0.25, 0.3) is 11.1 Å². The quantitative estimate of drug-likeness (QED) is 0.363. The molecule has 0 atom stereocenters. The van der Waals surface area contributed by atoms with Gasteiger partial charge in [-0.1, -0.05) is 31.4 Å². The molecule has 1 amide bonds. The molecule has 8 heteroatoms. The molecule has 3 aromatic rings. The van der Waals surface area contributed by atoms with Crippen LogP contribution in [0.4, 0.5) is 5.69 Å². The number of ether oxygens (including phenoxy) is 1. The number of aromatic nitrogens is 5. The van der Waals surface area contributed by atoms with Crippen molar-refractivity contribution in [3.05, 3.63) is 48.4 Å². The Kier molecular flexibility index (Phi) is 7.12. The third-order valence-corrected chi connectivity index (χ3v) is 9.91. The van der Waals surface area contributed by atoms with Crippen LogP contribution in [0.3, 0.4) is 0 Å². The molecule has 2 bridgehead atoms. The van der Waals surface area contributed by atoms with E-state index in [2.05, 4.69) is 49.7 Å². The second-order valence-corrected chi connectivity index (χ2v) is 12.2. The first-order valence-corrected chi connectivity index (χ1v) is 14.6. The van der Waals surface area contributed by atoms with Crippen molar-refractivity contribution < 1.29 is 9.53 Å². The lowest BCUT2D eigenvalue weighted by Crippen LogP contribution is -2.51. The van der Waals surface area contributed by atoms with E-state index in [4.69, 9.17) is 4.74 Å². The van der Waals surface area contributed by atoms with Gasteiger partial charge in [0.05, 0.1) is 7.11 Å². The predicted molar refractivity (Wildman–Crippen MR) is 150 cm³/mol. The standard InChI is InChI=1S/C31H40N6O2/c1-36-29(33-34-35-36)31-15-12-30(13-16-31,14-17-31)22-37(28(38)19-23-7-4-3-5-8-23)26-10-6-9-24(20-26)25-11-18-32-27(21-25)39-2/h6,9-11,18,20-21,23H,3-5,7-8,12-17,19,22H2,1-2H3. The average molecular weight is 529 g/mol. The summed E-state index contributed by atoms with van der Waals surface area (Å²) >= 11 is 0. The first-order chi connectivity index (χ1) is 19.0. The molecule has 0 saturated heterocycles. The highest BCUT2D eigenvalue weighted by Crippen LogP contribution is 2.57. The van der Waals surface area contributed by atoms with E-state index in [-0.39, 0.29) is 16.7 Å². The molecular weight excluding hydrogens is 488 g/mol. The van der Waals surface area contributed by atoms with Gasteiger partial charge in [0.2, 0.25) is 11.8 Å². The van der Waals surface area contributed by atoms with E-state index in [1.165, 1.54) is 32.1 Å². The van der Waals surface area contributed by atoms with Crippen LogP contribution in [-0.4, -0.2) is 44.8 Å². The van der Waals surface area contributed by atoms with Crippen molar-refractivity contribution in [3.63, 3.8) is 0 Å². The Bertz CT molecular complexity index is 1290. The van der Waals surface area contributed by atoms with Gasteiger partial charge >= 0.3 is 0 Å². The van der Waals surface area contributed by atoms with E-state index >= 15 is 0 Å². The van der Waals surface area contributed by atoms with Gasteiger partial charge in [-0.05, 0) is 102 Å². The van der Waals surface area contributed by atoms with Crippen molar-refractivity contribution in [2.45, 2.75) is 82.5 Å². The normalized spacial score (nSPS) is 25.0. The molecule has 39 heavy (non-hydrogen) atoms. The van der Waals surface area contributed by atoms with Crippen molar-refractivity contribution in [1.82, 2.24) is 25.2 Å². The molecule has 0 N–H and O–H groups in total. The van der Waals surface area contributed by atoms with Crippen molar-refractivity contribution in [3.8, 4) is 17.0 Å². The van der Waals surface area contributed by atoms with Crippen LogP contribution in [0.15, 0.2) is 42.6 Å². The molecule has 0 aliphatic heterocycles. The van der Waals surface area contributed by atoms with Gasteiger partial charge < -0.3 is 9.64 Å². The minimum absolute atomic E-state index is 0.0806. The van der Waals surface area contributed by atoms with E-state index < -0.39 is 0 Å². The van der Waals surface area contributed by atoms with Gasteiger partial charge in [0.1, 0.15) is 0 Å². The summed E-state index contributed by atoms with van der Waals surface area (Å²) in [7, 11) is 3.59. The lowest BCUT2D eigenvalue weighted by molar-refractivity contribution is -0.120. The Hall–Kier alpha value is -3.29. The summed E-state index contributed by atoms with van der Waals surface area (Å²) in [4.78, 5) is 20.5. The topological polar surface area (TPSA) is 86.0 Å². The summed E-state index contributed by atoms with van der Waals surface area (Å²) in [6.45, 7) is 0.787. The Morgan fingerprint density at radius 1 is 1.03 bits per heavy atom. The maximum absolute atomic E-state index is 14.1. The van der Waals surface area contributed by atoms with Crippen molar-refractivity contribution in [2.24, 2.45) is 18.4 Å². The van der Waals surface area contributed by atoms with Gasteiger partial charge in [-0.25, -0.2) is 9.67 Å². The van der Waals surface area contributed by atoms with Crippen LogP contribution in [0.1, 0.15) is 82.9 Å². The number of amides is 1. The summed E-state index contributed by atoms with van der Waals surface area (Å²) in [6.07, 6.45) is 15.2. The summed E-state index contributed by atoms with van der Waals surface area (Å²) in [5.41, 5.74) is 3.34. The van der Waals surface area contributed by atoms with Crippen molar-refractivity contribution in [1.29, 1.82) is 0 Å². The number of anilines is 1. The molecule has 4 aliphatic rings. The van der Waals surface area contributed by atoms with Gasteiger partial charge in [0.25, 0.3) is 0 Å². The molecule has 0 spiro atoms. The van der Waals surface area contributed by atoms with Gasteiger partial charge in [0.15, 0.2) is 5.82 Å². The second-order valence-electron chi connectivity index (χ2n) is 12.2. The molecular formula is C31H40N6O2. The van der Waals surface area contributed by atoms with E-state index in [0.717, 1.165) is 67.7 Å². The van der Waals surface area contributed by atoms with Crippen molar-refractivity contribution in [2.75, 3.05) is 18.6 Å². The zero-order valence-corrected chi connectivity index (χ0v) is 23.3. The smallest absolute Gasteiger partial charge is 0.227 e. The number of carbonyl (C=O) groups excluding carboxylic acids is 1. The number of tetrazole rings is 1. The monoisotopic (exact) mass is 528 g/mol. The predicted octanol–water partition coefficient (Wildman–Crippen LogP) is 5.88. The summed E-state index contributed by atoms with van der Waals surface area (Å²) in [5, 5.41) is 12.5. The number of carbonyl (C=O) groups is 1. The SMILES string of the molecule is COc1cc(-c2cccc(N(CC34CCC(c5nnnn5C)(CC3)CC4)C(=O)CC3CCCCC3)c2)ccn1. The highest BCUT2D eigenvalue weighted by atomic mass is 16.5. The fraction of sp³-hybridized carbons (Fsp3) is 0.581. The molecule has 0 unspecified atom stereocenters. The molecule has 4 fully saturated rings. The zero-order valence-electron chi connectivity index (χ0n) is 23.3. The lowest BCUT2D eigenvalue weighted by Gasteiger charge is -2.54. The molecule has 8 nitrogen and oxygen atoms in total. The number of nitrogens with zero attached hydrogens (tertiary/aromatic N) is 6. The molecule has 1 aromatic carbocycles. The number of hydrogen-bond donors (Lipinski definition) is 0. The molecule has 2 aromatic heterocycles. The van der Waals surface area contributed by atoms with Crippen LogP contribution < -0.4 is 9.64 Å². The molecule has 206 valence electrons. The summed E-state index contributed by atoms with van der Waals surface area (Å²) in [6, 6.07) is 12.4. The Balaban J connectivity index is 1.27. The van der Waals surface area contributed by atoms with Gasteiger partial charge in [-0.3, -0.25) is 4.79 Å². The van der Waals surface area contributed by atoms with Gasteiger partial charge in [-0.2, -0.15) is 0 Å². The molecule has 2 heterocycles. The number of hydrogen-bond acceptors (Lipinski definition) is 6. The van der Waals surface area contributed by atoms with Gasteiger partial charge in [-0.15, -0.1) is 5.10 Å². The van der Waals surface area contributed by atoms with Crippen molar-refractivity contribution >= 4 is 11.6 Å². The Morgan fingerprint density at radius 2 is 1.77 bits per heavy atom. The van der Waals surface area contributed by atoms with E-state index in [1.807, 2.05) is 23.9 Å². The maximum Gasteiger partial charge on any atom is 0.227 e. The number of benzene rings is 1. The Labute approximate surface area is 231 Å². The molecule has 7 rings (SSSR count). The van der Waals surface area contributed by atoms with Crippen LogP contribution in [0, 0.1) is 11.3 Å². The second kappa shape index (κ2) is 10.7.